The molecule has 1 aliphatic rings. The van der Waals surface area contributed by atoms with E-state index >= 15 is 0 Å². The van der Waals surface area contributed by atoms with Crippen LogP contribution in [0.15, 0.2) is 53.8 Å². The maximum Gasteiger partial charge on any atom is 0.128 e. The smallest absolute Gasteiger partial charge is 0.128 e. The lowest BCUT2D eigenvalue weighted by Gasteiger charge is -2.33. The highest BCUT2D eigenvalue weighted by molar-refractivity contribution is 6.30. The summed E-state index contributed by atoms with van der Waals surface area (Å²) in [4.78, 5) is 6.67. The second-order valence-corrected chi connectivity index (χ2v) is 5.36. The van der Waals surface area contributed by atoms with E-state index in [1.807, 2.05) is 54.9 Å². The van der Waals surface area contributed by atoms with Crippen molar-refractivity contribution in [2.24, 2.45) is 5.10 Å². The molecule has 2 aromatic rings. The van der Waals surface area contributed by atoms with Crippen LogP contribution in [0.1, 0.15) is 5.56 Å². The Morgan fingerprint density at radius 3 is 2.43 bits per heavy atom. The van der Waals surface area contributed by atoms with Gasteiger partial charge in [-0.25, -0.2) is 4.98 Å². The predicted octanol–water partition coefficient (Wildman–Crippen LogP) is 2.89. The summed E-state index contributed by atoms with van der Waals surface area (Å²) in [5.74, 6) is 1.04. The van der Waals surface area contributed by atoms with Crippen molar-refractivity contribution in [1.82, 2.24) is 9.99 Å². The summed E-state index contributed by atoms with van der Waals surface area (Å²) in [5.41, 5.74) is 1.06. The van der Waals surface area contributed by atoms with Crippen molar-refractivity contribution >= 4 is 23.6 Å². The van der Waals surface area contributed by atoms with Crippen LogP contribution in [0, 0.1) is 0 Å². The zero-order valence-corrected chi connectivity index (χ0v) is 12.4. The van der Waals surface area contributed by atoms with Crippen molar-refractivity contribution in [1.29, 1.82) is 0 Å². The molecule has 0 amide bonds. The van der Waals surface area contributed by atoms with Gasteiger partial charge in [0.05, 0.1) is 19.3 Å². The molecule has 0 N–H and O–H groups in total. The van der Waals surface area contributed by atoms with E-state index in [2.05, 4.69) is 20.0 Å². The van der Waals surface area contributed by atoms with Crippen LogP contribution in [0.4, 0.5) is 5.82 Å². The first-order valence-electron chi connectivity index (χ1n) is 7.02. The molecule has 108 valence electrons. The summed E-state index contributed by atoms with van der Waals surface area (Å²) in [6.45, 7) is 3.69. The van der Waals surface area contributed by atoms with Gasteiger partial charge in [-0.2, -0.15) is 5.10 Å². The lowest BCUT2D eigenvalue weighted by atomic mass is 10.2. The van der Waals surface area contributed by atoms with Gasteiger partial charge < -0.3 is 4.90 Å². The number of benzene rings is 1. The lowest BCUT2D eigenvalue weighted by Crippen LogP contribution is -2.44. The number of halogens is 1. The number of piperazine rings is 1. The molecule has 0 aliphatic carbocycles. The Kier molecular flexibility index (Phi) is 4.36. The minimum atomic E-state index is 0.746. The molecule has 0 saturated carbocycles. The minimum absolute atomic E-state index is 0.746. The SMILES string of the molecule is Clc1ccc(/C=N/N2CCN(c3ccccn3)CC2)cc1. The van der Waals surface area contributed by atoms with Crippen LogP contribution < -0.4 is 4.90 Å². The summed E-state index contributed by atoms with van der Waals surface area (Å²) in [7, 11) is 0. The summed E-state index contributed by atoms with van der Waals surface area (Å²) < 4.78 is 0. The fourth-order valence-electron chi connectivity index (χ4n) is 2.28. The molecule has 0 radical (unpaired) electrons. The zero-order chi connectivity index (χ0) is 14.5. The number of nitrogens with zero attached hydrogens (tertiary/aromatic N) is 4. The van der Waals surface area contributed by atoms with E-state index in [0.717, 1.165) is 42.6 Å². The Labute approximate surface area is 129 Å². The van der Waals surface area contributed by atoms with Gasteiger partial charge in [0.1, 0.15) is 5.82 Å². The van der Waals surface area contributed by atoms with Crippen LogP contribution in [0.2, 0.25) is 5.02 Å². The topological polar surface area (TPSA) is 31.7 Å². The van der Waals surface area contributed by atoms with Crippen molar-refractivity contribution < 1.29 is 0 Å². The average Bonchev–Trinajstić information content (AvgIpc) is 2.56. The first kappa shape index (κ1) is 13.9. The second-order valence-electron chi connectivity index (χ2n) is 4.92. The van der Waals surface area contributed by atoms with E-state index in [0.29, 0.717) is 0 Å². The van der Waals surface area contributed by atoms with Crippen molar-refractivity contribution in [3.05, 3.63) is 59.2 Å². The number of aromatic nitrogens is 1. The maximum absolute atomic E-state index is 5.87. The number of anilines is 1. The molecule has 1 aromatic heterocycles. The third kappa shape index (κ3) is 3.73. The number of rotatable bonds is 3. The third-order valence-corrected chi connectivity index (χ3v) is 3.72. The van der Waals surface area contributed by atoms with Crippen LogP contribution in [0.3, 0.4) is 0 Å². The van der Waals surface area contributed by atoms with E-state index < -0.39 is 0 Å². The van der Waals surface area contributed by atoms with Gasteiger partial charge in [-0.05, 0) is 29.8 Å². The number of hydrazone groups is 1. The van der Waals surface area contributed by atoms with Crippen molar-refractivity contribution in [3.8, 4) is 0 Å². The quantitative estimate of drug-likeness (QED) is 0.817. The molecular formula is C16H17ClN4. The monoisotopic (exact) mass is 300 g/mol. The normalized spacial score (nSPS) is 15.7. The Balaban J connectivity index is 1.55. The molecule has 4 nitrogen and oxygen atoms in total. The highest BCUT2D eigenvalue weighted by atomic mass is 35.5. The first-order valence-corrected chi connectivity index (χ1v) is 7.39. The number of hydrogen-bond acceptors (Lipinski definition) is 4. The Hall–Kier alpha value is -2.07. The fourth-order valence-corrected chi connectivity index (χ4v) is 2.40. The van der Waals surface area contributed by atoms with Crippen molar-refractivity contribution in [2.75, 3.05) is 31.1 Å². The maximum atomic E-state index is 5.87. The molecule has 0 atom stereocenters. The van der Waals surface area contributed by atoms with Gasteiger partial charge in [0.15, 0.2) is 0 Å². The average molecular weight is 301 g/mol. The molecule has 1 fully saturated rings. The van der Waals surface area contributed by atoms with Crippen molar-refractivity contribution in [2.45, 2.75) is 0 Å². The van der Waals surface area contributed by atoms with E-state index in [1.165, 1.54) is 0 Å². The van der Waals surface area contributed by atoms with Crippen LogP contribution in [0.5, 0.6) is 0 Å². The standard InChI is InChI=1S/C16H17ClN4/c17-15-6-4-14(5-7-15)13-19-21-11-9-20(10-12-21)16-3-1-2-8-18-16/h1-8,13H,9-12H2/b19-13+. The van der Waals surface area contributed by atoms with Crippen LogP contribution in [-0.4, -0.2) is 42.4 Å². The Morgan fingerprint density at radius 1 is 1.00 bits per heavy atom. The molecule has 21 heavy (non-hydrogen) atoms. The highest BCUT2D eigenvalue weighted by Gasteiger charge is 2.15. The Morgan fingerprint density at radius 2 is 1.76 bits per heavy atom. The lowest BCUT2D eigenvalue weighted by molar-refractivity contribution is 0.271. The van der Waals surface area contributed by atoms with Crippen LogP contribution in [0.25, 0.3) is 0 Å². The molecule has 1 saturated heterocycles. The van der Waals surface area contributed by atoms with Gasteiger partial charge in [0.25, 0.3) is 0 Å². The van der Waals surface area contributed by atoms with Gasteiger partial charge >= 0.3 is 0 Å². The largest absolute Gasteiger partial charge is 0.353 e. The minimum Gasteiger partial charge on any atom is -0.353 e. The molecule has 1 aromatic carbocycles. The predicted molar refractivity (Wildman–Crippen MR) is 87.1 cm³/mol. The van der Waals surface area contributed by atoms with Gasteiger partial charge in [-0.1, -0.05) is 29.8 Å². The van der Waals surface area contributed by atoms with E-state index in [4.69, 9.17) is 11.6 Å². The molecule has 1 aliphatic heterocycles. The molecule has 0 unspecified atom stereocenters. The van der Waals surface area contributed by atoms with Crippen LogP contribution in [-0.2, 0) is 0 Å². The number of pyridine rings is 1. The molecule has 3 rings (SSSR count). The summed E-state index contributed by atoms with van der Waals surface area (Å²) in [6.07, 6.45) is 3.72. The molecule has 0 spiro atoms. The summed E-state index contributed by atoms with van der Waals surface area (Å²) >= 11 is 5.87. The third-order valence-electron chi connectivity index (χ3n) is 3.47. The van der Waals surface area contributed by atoms with Gasteiger partial charge in [-0.3, -0.25) is 5.01 Å². The van der Waals surface area contributed by atoms with Crippen LogP contribution >= 0.6 is 11.6 Å². The van der Waals surface area contributed by atoms with E-state index in [-0.39, 0.29) is 0 Å². The number of hydrogen-bond donors (Lipinski definition) is 0. The highest BCUT2D eigenvalue weighted by Crippen LogP contribution is 2.13. The molecular weight excluding hydrogens is 284 g/mol. The zero-order valence-electron chi connectivity index (χ0n) is 11.7. The Bertz CT molecular complexity index is 589. The van der Waals surface area contributed by atoms with Gasteiger partial charge in [0.2, 0.25) is 0 Å². The fraction of sp³-hybridized carbons (Fsp3) is 0.250. The van der Waals surface area contributed by atoms with E-state index in [9.17, 15) is 0 Å². The first-order chi connectivity index (χ1) is 10.3. The van der Waals surface area contributed by atoms with Gasteiger partial charge in [0, 0.05) is 24.3 Å². The summed E-state index contributed by atoms with van der Waals surface area (Å²) in [5, 5.41) is 7.37. The van der Waals surface area contributed by atoms with E-state index in [1.54, 1.807) is 0 Å². The summed E-state index contributed by atoms with van der Waals surface area (Å²) in [6, 6.07) is 13.7. The second kappa shape index (κ2) is 6.59. The van der Waals surface area contributed by atoms with Crippen molar-refractivity contribution in [3.63, 3.8) is 0 Å². The molecule has 0 bridgehead atoms. The molecule has 5 heteroatoms. The molecule has 2 heterocycles. The van der Waals surface area contributed by atoms with Gasteiger partial charge in [-0.15, -0.1) is 0 Å².